The maximum Gasteiger partial charge on any atom is 0.410 e. The van der Waals surface area contributed by atoms with Crippen molar-refractivity contribution in [3.05, 3.63) is 82.3 Å². The van der Waals surface area contributed by atoms with Gasteiger partial charge in [0, 0.05) is 42.3 Å². The summed E-state index contributed by atoms with van der Waals surface area (Å²) in [5.41, 5.74) is 1.11. The van der Waals surface area contributed by atoms with Crippen molar-refractivity contribution < 1.29 is 28.0 Å². The minimum Gasteiger partial charge on any atom is -0.497 e. The van der Waals surface area contributed by atoms with Crippen LogP contribution in [0.3, 0.4) is 0 Å². The van der Waals surface area contributed by atoms with Gasteiger partial charge in [-0.3, -0.25) is 4.90 Å². The number of halogens is 1. The van der Waals surface area contributed by atoms with Crippen LogP contribution in [0.1, 0.15) is 38.8 Å². The van der Waals surface area contributed by atoms with Crippen molar-refractivity contribution in [1.29, 1.82) is 0 Å². The molecule has 2 atom stereocenters. The van der Waals surface area contributed by atoms with Gasteiger partial charge in [-0.15, -0.1) is 0 Å². The Hall–Kier alpha value is -3.34. The average Bonchev–Trinajstić information content (AvgIpc) is 3.26. The third-order valence-corrected chi connectivity index (χ3v) is 9.31. The molecule has 0 bridgehead atoms. The number of amides is 1. The summed E-state index contributed by atoms with van der Waals surface area (Å²) in [4.78, 5) is 17.7. The first kappa shape index (κ1) is 31.1. The summed E-state index contributed by atoms with van der Waals surface area (Å²) in [5.74, 6) is 2.55. The van der Waals surface area contributed by atoms with E-state index < -0.39 is 16.4 Å². The molecule has 0 saturated carbocycles. The molecule has 10 heteroatoms. The molecule has 0 N–H and O–H groups in total. The second-order valence-corrected chi connectivity index (χ2v) is 13.8. The molecule has 3 aromatic carbocycles. The molecule has 2 aliphatic heterocycles. The van der Waals surface area contributed by atoms with Crippen molar-refractivity contribution in [3.8, 4) is 17.2 Å². The van der Waals surface area contributed by atoms with E-state index in [-0.39, 0.29) is 12.1 Å². The van der Waals surface area contributed by atoms with Crippen molar-refractivity contribution in [1.82, 2.24) is 9.80 Å². The summed E-state index contributed by atoms with van der Waals surface area (Å²) < 4.78 is 38.0. The maximum absolute atomic E-state index is 13.6. The fourth-order valence-corrected chi connectivity index (χ4v) is 6.68. The van der Waals surface area contributed by atoms with Crippen molar-refractivity contribution >= 4 is 43.5 Å². The number of hydrogen-bond donors (Lipinski definition) is 0. The number of fused-ring (bicyclic) bond motifs is 1. The van der Waals surface area contributed by atoms with Crippen LogP contribution in [0.5, 0.6) is 17.2 Å². The monoisotopic (exact) mass is 668 g/mol. The van der Waals surface area contributed by atoms with Crippen LogP contribution in [0.15, 0.2) is 76.1 Å². The highest BCUT2D eigenvalue weighted by molar-refractivity contribution is 9.10. The average molecular weight is 670 g/mol. The molecule has 0 aliphatic carbocycles. The lowest BCUT2D eigenvalue weighted by Gasteiger charge is -2.38. The first-order valence-corrected chi connectivity index (χ1v) is 16.2. The number of piperazine rings is 1. The van der Waals surface area contributed by atoms with Gasteiger partial charge in [-0.05, 0) is 87.9 Å². The Labute approximate surface area is 264 Å². The van der Waals surface area contributed by atoms with Gasteiger partial charge in [0.1, 0.15) is 29.5 Å². The fourth-order valence-electron chi connectivity index (χ4n) is 4.94. The minimum absolute atomic E-state index is 0.178. The Morgan fingerprint density at radius 2 is 1.56 bits per heavy atom. The summed E-state index contributed by atoms with van der Waals surface area (Å²) in [6.07, 6.45) is -0.259. The molecule has 2 unspecified atom stereocenters. The quantitative estimate of drug-likeness (QED) is 0.261. The topological polar surface area (TPSA) is 77.5 Å². The van der Waals surface area contributed by atoms with E-state index in [0.29, 0.717) is 46.8 Å². The van der Waals surface area contributed by atoms with Gasteiger partial charge in [0.15, 0.2) is 5.76 Å². The Kier molecular flexibility index (Phi) is 9.48. The van der Waals surface area contributed by atoms with E-state index in [0.717, 1.165) is 34.4 Å². The number of hydrogen-bond acceptors (Lipinski definition) is 7. The van der Waals surface area contributed by atoms with Gasteiger partial charge in [-0.2, -0.15) is 0 Å². The molecular weight excluding hydrogens is 632 g/mol. The summed E-state index contributed by atoms with van der Waals surface area (Å²) in [7, 11) is 0.162. The van der Waals surface area contributed by atoms with Gasteiger partial charge < -0.3 is 23.8 Å². The van der Waals surface area contributed by atoms with Crippen molar-refractivity contribution in [3.63, 3.8) is 0 Å². The maximum atomic E-state index is 13.6. The van der Waals surface area contributed by atoms with Crippen molar-refractivity contribution in [2.45, 2.75) is 44.2 Å². The number of carbonyl (C=O) groups is 1. The van der Waals surface area contributed by atoms with Crippen LogP contribution in [0.25, 0.3) is 10.7 Å². The molecule has 2 heterocycles. The van der Waals surface area contributed by atoms with Crippen LogP contribution in [-0.4, -0.2) is 71.6 Å². The summed E-state index contributed by atoms with van der Waals surface area (Å²) in [5, 5.41) is 0. The SMILES string of the molecule is COc1ccc2c(c1)S(=O)C(c1ccc(Br)cc1)=C2Oc1ccc(OCC(C)N2CCN(C(=O)OC(C)(C)C)CC2)cc1. The Bertz CT molecular complexity index is 1510. The van der Waals surface area contributed by atoms with Gasteiger partial charge >= 0.3 is 6.09 Å². The van der Waals surface area contributed by atoms with E-state index in [4.69, 9.17) is 18.9 Å². The highest BCUT2D eigenvalue weighted by atomic mass is 79.9. The molecule has 43 heavy (non-hydrogen) atoms. The molecule has 1 saturated heterocycles. The molecule has 0 spiro atoms. The third kappa shape index (κ3) is 7.42. The van der Waals surface area contributed by atoms with Crippen molar-refractivity contribution in [2.75, 3.05) is 39.9 Å². The Morgan fingerprint density at radius 1 is 0.930 bits per heavy atom. The molecular formula is C33H37BrN2O6S. The van der Waals surface area contributed by atoms with E-state index in [1.807, 2.05) is 81.4 Å². The first-order chi connectivity index (χ1) is 20.5. The molecule has 1 fully saturated rings. The lowest BCUT2D eigenvalue weighted by molar-refractivity contribution is 0.00882. The van der Waals surface area contributed by atoms with E-state index >= 15 is 0 Å². The van der Waals surface area contributed by atoms with Crippen molar-refractivity contribution in [2.24, 2.45) is 0 Å². The normalized spacial score (nSPS) is 17.8. The first-order valence-electron chi connectivity index (χ1n) is 14.3. The molecule has 1 amide bonds. The molecule has 3 aromatic rings. The summed E-state index contributed by atoms with van der Waals surface area (Å²) >= 11 is 3.48. The van der Waals surface area contributed by atoms with Crippen LogP contribution >= 0.6 is 15.9 Å². The highest BCUT2D eigenvalue weighted by Gasteiger charge is 2.32. The van der Waals surface area contributed by atoms with Crippen LogP contribution in [-0.2, 0) is 15.5 Å². The van der Waals surface area contributed by atoms with E-state index in [1.54, 1.807) is 18.1 Å². The fraction of sp³-hybridized carbons (Fsp3) is 0.364. The standard InChI is InChI=1S/C33H37BrN2O6S/c1-22(35-16-18-36(19-17-35)32(37)42-33(2,3)4)21-40-25-10-12-26(13-11-25)41-30-28-15-14-27(39-5)20-29(28)43(38)31(30)23-6-8-24(34)9-7-23/h6-15,20,22H,16-19,21H2,1-5H3. The van der Waals surface area contributed by atoms with Crippen LogP contribution in [0.4, 0.5) is 4.79 Å². The number of benzene rings is 3. The van der Waals surface area contributed by atoms with Gasteiger partial charge in [0.05, 0.1) is 27.7 Å². The van der Waals surface area contributed by atoms with Gasteiger partial charge in [-0.25, -0.2) is 9.00 Å². The summed E-state index contributed by atoms with van der Waals surface area (Å²) in [6, 6.07) is 20.9. The second-order valence-electron chi connectivity index (χ2n) is 11.5. The lowest BCUT2D eigenvalue weighted by atomic mass is 10.1. The molecule has 0 aromatic heterocycles. The zero-order chi connectivity index (χ0) is 30.7. The molecule has 228 valence electrons. The molecule has 2 aliphatic rings. The summed E-state index contributed by atoms with van der Waals surface area (Å²) in [6.45, 7) is 11.1. The van der Waals surface area contributed by atoms with Gasteiger partial charge in [0.2, 0.25) is 0 Å². The third-order valence-electron chi connectivity index (χ3n) is 7.26. The number of carbonyl (C=O) groups excluding carboxylic acids is 1. The second kappa shape index (κ2) is 13.1. The van der Waals surface area contributed by atoms with E-state index in [2.05, 4.69) is 27.8 Å². The number of methoxy groups -OCH3 is 1. The van der Waals surface area contributed by atoms with Gasteiger partial charge in [-0.1, -0.05) is 28.1 Å². The van der Waals surface area contributed by atoms with Crippen LogP contribution in [0, 0.1) is 0 Å². The highest BCUT2D eigenvalue weighted by Crippen LogP contribution is 2.44. The van der Waals surface area contributed by atoms with Gasteiger partial charge in [0.25, 0.3) is 0 Å². The largest absolute Gasteiger partial charge is 0.497 e. The van der Waals surface area contributed by atoms with E-state index in [1.165, 1.54) is 0 Å². The molecule has 0 radical (unpaired) electrons. The molecule has 5 rings (SSSR count). The van der Waals surface area contributed by atoms with Crippen LogP contribution < -0.4 is 14.2 Å². The van der Waals surface area contributed by atoms with E-state index in [9.17, 15) is 9.00 Å². The smallest absolute Gasteiger partial charge is 0.410 e. The predicted octanol–water partition coefficient (Wildman–Crippen LogP) is 6.80. The zero-order valence-electron chi connectivity index (χ0n) is 25.1. The minimum atomic E-state index is -1.43. The number of nitrogens with zero attached hydrogens (tertiary/aromatic N) is 2. The van der Waals surface area contributed by atoms with Crippen LogP contribution in [0.2, 0.25) is 0 Å². The Balaban J connectivity index is 1.23. The molecule has 8 nitrogen and oxygen atoms in total. The Morgan fingerprint density at radius 3 is 2.19 bits per heavy atom. The number of rotatable bonds is 8. The lowest BCUT2D eigenvalue weighted by Crippen LogP contribution is -2.53. The number of ether oxygens (including phenoxy) is 4. The zero-order valence-corrected chi connectivity index (χ0v) is 27.5. The predicted molar refractivity (Wildman–Crippen MR) is 172 cm³/mol.